The summed E-state index contributed by atoms with van der Waals surface area (Å²) in [5.41, 5.74) is 0. The summed E-state index contributed by atoms with van der Waals surface area (Å²) < 4.78 is 14.0. The van der Waals surface area contributed by atoms with Gasteiger partial charge in [-0.3, -0.25) is 4.79 Å². The maximum absolute atomic E-state index is 12.7. The van der Waals surface area contributed by atoms with E-state index in [0.717, 1.165) is 12.8 Å². The van der Waals surface area contributed by atoms with Crippen molar-refractivity contribution in [3.05, 3.63) is 0 Å². The number of rotatable bonds is 5. The summed E-state index contributed by atoms with van der Waals surface area (Å²) in [6, 6.07) is 0. The molecule has 0 aliphatic heterocycles. The van der Waals surface area contributed by atoms with Crippen molar-refractivity contribution in [3.8, 4) is 11.8 Å². The van der Waals surface area contributed by atoms with E-state index in [-0.39, 0.29) is 40.0 Å². The molecule has 0 amide bonds. The van der Waals surface area contributed by atoms with Crippen molar-refractivity contribution in [1.29, 1.82) is 0 Å². The van der Waals surface area contributed by atoms with Gasteiger partial charge in [-0.1, -0.05) is 79.6 Å². The number of ketones is 1. The molecule has 0 aromatic rings. The van der Waals surface area contributed by atoms with Gasteiger partial charge in [0.15, 0.2) is 16.6 Å². The minimum Gasteiger partial charge on any atom is -0.413 e. The van der Waals surface area contributed by atoms with E-state index in [4.69, 9.17) is 8.85 Å². The maximum atomic E-state index is 12.7. The van der Waals surface area contributed by atoms with Crippen LogP contribution >= 0.6 is 0 Å². The predicted octanol–water partition coefficient (Wildman–Crippen LogP) is 8.21. The molecule has 200 valence electrons. The minimum absolute atomic E-state index is 0.0103. The summed E-state index contributed by atoms with van der Waals surface area (Å²) >= 11 is 0. The van der Waals surface area contributed by atoms with Crippen molar-refractivity contribution in [1.82, 2.24) is 0 Å². The quantitative estimate of drug-likeness (QED) is 0.272. The van der Waals surface area contributed by atoms with Gasteiger partial charge in [-0.15, -0.1) is 0 Å². The second-order valence-corrected chi connectivity index (χ2v) is 24.4. The number of Topliss-reactive ketones (excluding diaryl/α,β-unsaturated/α-hetero) is 1. The van der Waals surface area contributed by atoms with Crippen molar-refractivity contribution < 1.29 is 13.6 Å². The fraction of sp³-hybridized carbons (Fsp3) is 0.900. The van der Waals surface area contributed by atoms with E-state index in [0.29, 0.717) is 17.6 Å². The average molecular weight is 519 g/mol. The van der Waals surface area contributed by atoms with Crippen LogP contribution in [-0.4, -0.2) is 34.6 Å². The molecular weight excluding hydrogens is 464 g/mol. The number of fused-ring (bicyclic) bond motifs is 1. The molecule has 3 saturated carbocycles. The Hall–Kier alpha value is -0.416. The monoisotopic (exact) mass is 518 g/mol. The van der Waals surface area contributed by atoms with Gasteiger partial charge in [-0.2, -0.15) is 0 Å². The molecule has 3 nitrogen and oxygen atoms in total. The molecule has 0 spiro atoms. The van der Waals surface area contributed by atoms with Crippen LogP contribution in [0.4, 0.5) is 0 Å². The van der Waals surface area contributed by atoms with Gasteiger partial charge in [0.05, 0.1) is 6.10 Å². The Labute approximate surface area is 219 Å². The molecule has 3 aliphatic carbocycles. The van der Waals surface area contributed by atoms with E-state index in [9.17, 15) is 4.79 Å². The zero-order valence-corrected chi connectivity index (χ0v) is 26.7. The first-order chi connectivity index (χ1) is 16.0. The molecule has 6 atom stereocenters. The van der Waals surface area contributed by atoms with Crippen LogP contribution < -0.4 is 0 Å². The second kappa shape index (κ2) is 10.4. The number of carbonyl (C=O) groups is 1. The van der Waals surface area contributed by atoms with Crippen molar-refractivity contribution in [2.24, 2.45) is 29.6 Å². The number of carbonyl (C=O) groups excluding carboxylic acids is 1. The highest BCUT2D eigenvalue weighted by Gasteiger charge is 2.56. The van der Waals surface area contributed by atoms with E-state index in [1.54, 1.807) is 0 Å². The smallest absolute Gasteiger partial charge is 0.193 e. The van der Waals surface area contributed by atoms with E-state index >= 15 is 0 Å². The van der Waals surface area contributed by atoms with Crippen molar-refractivity contribution in [2.45, 2.75) is 142 Å². The van der Waals surface area contributed by atoms with Crippen LogP contribution in [-0.2, 0) is 13.6 Å². The lowest BCUT2D eigenvalue weighted by atomic mass is 9.53. The molecule has 0 bridgehead atoms. The first-order valence-corrected chi connectivity index (χ1v) is 20.2. The SMILES string of the molecule is CC1C(=O)C2CC[C@@H](O[Si](C)(C)C(C)(C)C)[C@H](C#C[C@@H](O[Si](C)(C)C(C)(C)C)C3CCCCC3)[C@H]12. The molecule has 3 aliphatic rings. The normalized spacial score (nSPS) is 31.7. The Morgan fingerprint density at radius 2 is 1.43 bits per heavy atom. The van der Waals surface area contributed by atoms with Crippen LogP contribution in [0.1, 0.15) is 93.4 Å². The van der Waals surface area contributed by atoms with Gasteiger partial charge in [0.1, 0.15) is 11.9 Å². The molecule has 2 unspecified atom stereocenters. The fourth-order valence-corrected chi connectivity index (χ4v) is 8.46. The molecule has 0 aromatic carbocycles. The van der Waals surface area contributed by atoms with Crippen LogP contribution in [0.25, 0.3) is 0 Å². The van der Waals surface area contributed by atoms with Crippen LogP contribution in [0.3, 0.4) is 0 Å². The highest BCUT2D eigenvalue weighted by Crippen LogP contribution is 2.51. The lowest BCUT2D eigenvalue weighted by Gasteiger charge is -2.52. The lowest BCUT2D eigenvalue weighted by Crippen LogP contribution is -2.57. The first kappa shape index (κ1) is 29.1. The molecule has 0 heterocycles. The zero-order valence-electron chi connectivity index (χ0n) is 24.7. The third-order valence-electron chi connectivity index (χ3n) is 10.4. The standard InChI is InChI=1S/C30H54O3Si2/c1-21-27-23(26(20-18-24(27)28(21)31)33-35(10,11)30(5,6)7)17-19-25(22-15-13-12-14-16-22)32-34(8,9)29(2,3)4/h21-27H,12-16,18,20H2,1-11H3/t21?,23-,24?,25+,26+,27-/m0/s1. The van der Waals surface area contributed by atoms with E-state index < -0.39 is 16.6 Å². The van der Waals surface area contributed by atoms with Crippen molar-refractivity contribution in [2.75, 3.05) is 0 Å². The second-order valence-electron chi connectivity index (χ2n) is 14.9. The Kier molecular flexibility index (Phi) is 8.65. The summed E-state index contributed by atoms with van der Waals surface area (Å²) in [5.74, 6) is 9.32. The van der Waals surface area contributed by atoms with Crippen LogP contribution in [0.2, 0.25) is 36.3 Å². The summed E-state index contributed by atoms with van der Waals surface area (Å²) in [4.78, 5) is 12.7. The van der Waals surface area contributed by atoms with Crippen molar-refractivity contribution in [3.63, 3.8) is 0 Å². The number of hydrogen-bond donors (Lipinski definition) is 0. The van der Waals surface area contributed by atoms with E-state index in [2.05, 4.69) is 86.5 Å². The third-order valence-corrected chi connectivity index (χ3v) is 19.3. The van der Waals surface area contributed by atoms with Gasteiger partial charge in [0.25, 0.3) is 0 Å². The Balaban J connectivity index is 1.93. The molecule has 3 fully saturated rings. The first-order valence-electron chi connectivity index (χ1n) is 14.4. The number of hydrogen-bond acceptors (Lipinski definition) is 3. The summed E-state index contributed by atoms with van der Waals surface area (Å²) in [5, 5.41) is 0.333. The van der Waals surface area contributed by atoms with E-state index in [1.165, 1.54) is 32.1 Å². The van der Waals surface area contributed by atoms with Gasteiger partial charge >= 0.3 is 0 Å². The topological polar surface area (TPSA) is 35.5 Å². The van der Waals surface area contributed by atoms with Gasteiger partial charge in [0, 0.05) is 17.8 Å². The maximum Gasteiger partial charge on any atom is 0.193 e. The average Bonchev–Trinajstić information content (AvgIpc) is 2.75. The molecular formula is C30H54O3Si2. The Morgan fingerprint density at radius 1 is 0.857 bits per heavy atom. The largest absolute Gasteiger partial charge is 0.413 e. The van der Waals surface area contributed by atoms with Crippen LogP contribution in [0, 0.1) is 41.4 Å². The molecule has 0 radical (unpaired) electrons. The fourth-order valence-electron chi connectivity index (χ4n) is 5.84. The van der Waals surface area contributed by atoms with E-state index in [1.807, 2.05) is 0 Å². The Bertz CT molecular complexity index is 817. The molecule has 0 aromatic heterocycles. The summed E-state index contributed by atoms with van der Waals surface area (Å²) in [6.07, 6.45) is 8.45. The Morgan fingerprint density at radius 3 is 1.97 bits per heavy atom. The van der Waals surface area contributed by atoms with Gasteiger partial charge in [0.2, 0.25) is 0 Å². The van der Waals surface area contributed by atoms with Gasteiger partial charge in [-0.05, 0) is 73.8 Å². The van der Waals surface area contributed by atoms with Gasteiger partial charge < -0.3 is 8.85 Å². The molecule has 0 saturated heterocycles. The highest BCUT2D eigenvalue weighted by atomic mass is 28.4. The summed E-state index contributed by atoms with van der Waals surface area (Å²) in [6.45, 7) is 25.4. The molecule has 0 N–H and O–H groups in total. The molecule has 35 heavy (non-hydrogen) atoms. The highest BCUT2D eigenvalue weighted by molar-refractivity contribution is 6.74. The van der Waals surface area contributed by atoms with Crippen LogP contribution in [0.15, 0.2) is 0 Å². The predicted molar refractivity (Wildman–Crippen MR) is 152 cm³/mol. The summed E-state index contributed by atoms with van der Waals surface area (Å²) in [7, 11) is -3.87. The molecule has 5 heteroatoms. The molecule has 3 rings (SSSR count). The zero-order chi connectivity index (χ0) is 26.4. The van der Waals surface area contributed by atoms with Crippen LogP contribution in [0.5, 0.6) is 0 Å². The van der Waals surface area contributed by atoms with Crippen molar-refractivity contribution >= 4 is 22.4 Å². The third kappa shape index (κ3) is 6.19. The lowest BCUT2D eigenvalue weighted by molar-refractivity contribution is -0.151. The van der Waals surface area contributed by atoms with Gasteiger partial charge in [-0.25, -0.2) is 0 Å². The minimum atomic E-state index is -1.94.